The minimum absolute atomic E-state index is 0.147. The standard InChI is InChI=1S/C22H22N4O4S/c1-3-10-26-19(12-22(27)23-15-4-9-20-21(11-15)30-14-29-20)18(24-25-26)13-31-17-7-5-16(28-2)6-8-17/h3-9,11H,1,10,12-14H2,2H3,(H,23,27). The number of ether oxygens (including phenoxy) is 3. The lowest BCUT2D eigenvalue weighted by Gasteiger charge is -2.09. The Morgan fingerprint density at radius 1 is 1.26 bits per heavy atom. The zero-order valence-electron chi connectivity index (χ0n) is 17.0. The molecule has 9 heteroatoms. The molecule has 2 aromatic carbocycles. The summed E-state index contributed by atoms with van der Waals surface area (Å²) < 4.78 is 17.6. The van der Waals surface area contributed by atoms with Gasteiger partial charge in [-0.05, 0) is 36.4 Å². The van der Waals surface area contributed by atoms with Gasteiger partial charge in [-0.15, -0.1) is 23.4 Å². The molecule has 1 aliphatic heterocycles. The molecule has 8 nitrogen and oxygen atoms in total. The van der Waals surface area contributed by atoms with Crippen LogP contribution in [0.25, 0.3) is 0 Å². The Hall–Kier alpha value is -3.46. The molecule has 1 N–H and O–H groups in total. The van der Waals surface area contributed by atoms with Crippen LogP contribution in [0.5, 0.6) is 17.2 Å². The topological polar surface area (TPSA) is 87.5 Å². The molecule has 1 aliphatic rings. The molecule has 160 valence electrons. The molecule has 1 aromatic heterocycles. The van der Waals surface area contributed by atoms with E-state index in [-0.39, 0.29) is 19.1 Å². The lowest BCUT2D eigenvalue weighted by atomic mass is 10.2. The summed E-state index contributed by atoms with van der Waals surface area (Å²) in [6.07, 6.45) is 1.88. The Balaban J connectivity index is 1.44. The van der Waals surface area contributed by atoms with E-state index in [4.69, 9.17) is 14.2 Å². The van der Waals surface area contributed by atoms with Crippen LogP contribution >= 0.6 is 11.8 Å². The number of aromatic nitrogens is 3. The second-order valence-electron chi connectivity index (χ2n) is 6.71. The molecule has 2 heterocycles. The van der Waals surface area contributed by atoms with Gasteiger partial charge in [0, 0.05) is 22.4 Å². The number of nitrogens with zero attached hydrogens (tertiary/aromatic N) is 3. The van der Waals surface area contributed by atoms with E-state index in [9.17, 15) is 4.79 Å². The molecule has 0 aliphatic carbocycles. The number of nitrogens with one attached hydrogen (secondary N) is 1. The van der Waals surface area contributed by atoms with E-state index < -0.39 is 0 Å². The summed E-state index contributed by atoms with van der Waals surface area (Å²) in [5.74, 6) is 2.53. The van der Waals surface area contributed by atoms with Crippen LogP contribution in [0.4, 0.5) is 5.69 Å². The van der Waals surface area contributed by atoms with Gasteiger partial charge in [0.1, 0.15) is 5.75 Å². The van der Waals surface area contributed by atoms with Crippen molar-refractivity contribution in [1.82, 2.24) is 15.0 Å². The summed E-state index contributed by atoms with van der Waals surface area (Å²) in [6.45, 7) is 4.43. The number of anilines is 1. The first-order valence-corrected chi connectivity index (χ1v) is 10.6. The first kappa shape index (κ1) is 20.8. The number of fused-ring (bicyclic) bond motifs is 1. The van der Waals surface area contributed by atoms with E-state index in [0.717, 1.165) is 22.0 Å². The number of methoxy groups -OCH3 is 1. The maximum Gasteiger partial charge on any atom is 0.231 e. The van der Waals surface area contributed by atoms with Crippen LogP contribution in [-0.2, 0) is 23.5 Å². The van der Waals surface area contributed by atoms with E-state index >= 15 is 0 Å². The quantitative estimate of drug-likeness (QED) is 0.403. The van der Waals surface area contributed by atoms with Crippen LogP contribution in [-0.4, -0.2) is 34.8 Å². The minimum Gasteiger partial charge on any atom is -0.497 e. The third-order valence-corrected chi connectivity index (χ3v) is 5.66. The van der Waals surface area contributed by atoms with Crippen molar-refractivity contribution in [2.45, 2.75) is 23.6 Å². The number of rotatable bonds is 9. The number of benzene rings is 2. The minimum atomic E-state index is -0.165. The van der Waals surface area contributed by atoms with Crippen LogP contribution in [0.15, 0.2) is 60.0 Å². The molecule has 0 spiro atoms. The van der Waals surface area contributed by atoms with Gasteiger partial charge in [-0.1, -0.05) is 11.3 Å². The Bertz CT molecular complexity index is 1080. The normalized spacial score (nSPS) is 11.9. The smallest absolute Gasteiger partial charge is 0.231 e. The molecule has 4 rings (SSSR count). The van der Waals surface area contributed by atoms with E-state index in [0.29, 0.717) is 29.5 Å². The summed E-state index contributed by atoms with van der Waals surface area (Å²) in [5.41, 5.74) is 2.17. The van der Waals surface area contributed by atoms with Crippen molar-refractivity contribution in [3.63, 3.8) is 0 Å². The van der Waals surface area contributed by atoms with Crippen molar-refractivity contribution < 1.29 is 19.0 Å². The molecule has 0 radical (unpaired) electrons. The predicted octanol–water partition coefficient (Wildman–Crippen LogP) is 3.67. The zero-order valence-corrected chi connectivity index (χ0v) is 17.9. The van der Waals surface area contributed by atoms with Crippen LogP contribution in [0.2, 0.25) is 0 Å². The van der Waals surface area contributed by atoms with Crippen molar-refractivity contribution >= 4 is 23.4 Å². The zero-order chi connectivity index (χ0) is 21.6. The molecule has 1 amide bonds. The summed E-state index contributed by atoms with van der Waals surface area (Å²) in [4.78, 5) is 13.8. The summed E-state index contributed by atoms with van der Waals surface area (Å²) in [7, 11) is 1.64. The van der Waals surface area contributed by atoms with Gasteiger partial charge in [0.25, 0.3) is 0 Å². The molecule has 3 aromatic rings. The monoisotopic (exact) mass is 438 g/mol. The maximum absolute atomic E-state index is 12.7. The number of carbonyl (C=O) groups excluding carboxylic acids is 1. The highest BCUT2D eigenvalue weighted by Crippen LogP contribution is 2.34. The lowest BCUT2D eigenvalue weighted by molar-refractivity contribution is -0.115. The fraction of sp³-hybridized carbons (Fsp3) is 0.227. The number of hydrogen-bond donors (Lipinski definition) is 1. The number of amides is 1. The number of allylic oxidation sites excluding steroid dienone is 1. The largest absolute Gasteiger partial charge is 0.497 e. The molecule has 31 heavy (non-hydrogen) atoms. The van der Waals surface area contributed by atoms with Gasteiger partial charge in [0.05, 0.1) is 31.5 Å². The van der Waals surface area contributed by atoms with Gasteiger partial charge in [-0.2, -0.15) is 0 Å². The van der Waals surface area contributed by atoms with Crippen molar-refractivity contribution in [2.24, 2.45) is 0 Å². The second-order valence-corrected chi connectivity index (χ2v) is 7.76. The average molecular weight is 439 g/mol. The summed E-state index contributed by atoms with van der Waals surface area (Å²) >= 11 is 1.62. The number of hydrogen-bond acceptors (Lipinski definition) is 7. The summed E-state index contributed by atoms with van der Waals surface area (Å²) in [5, 5.41) is 11.4. The van der Waals surface area contributed by atoms with Crippen LogP contribution < -0.4 is 19.5 Å². The van der Waals surface area contributed by atoms with Crippen LogP contribution in [0.1, 0.15) is 11.4 Å². The lowest BCUT2D eigenvalue weighted by Crippen LogP contribution is -2.18. The van der Waals surface area contributed by atoms with Crippen molar-refractivity contribution in [1.29, 1.82) is 0 Å². The number of thioether (sulfide) groups is 1. The Morgan fingerprint density at radius 2 is 2.06 bits per heavy atom. The molecule has 0 bridgehead atoms. The van der Waals surface area contributed by atoms with Gasteiger partial charge in [0.15, 0.2) is 11.5 Å². The predicted molar refractivity (Wildman–Crippen MR) is 118 cm³/mol. The van der Waals surface area contributed by atoms with E-state index in [1.807, 2.05) is 24.3 Å². The van der Waals surface area contributed by atoms with Crippen molar-refractivity contribution in [3.05, 3.63) is 66.5 Å². The van der Waals surface area contributed by atoms with Gasteiger partial charge in [-0.25, -0.2) is 4.68 Å². The van der Waals surface area contributed by atoms with Crippen molar-refractivity contribution in [2.75, 3.05) is 19.2 Å². The average Bonchev–Trinajstić information content (AvgIpc) is 3.40. The van der Waals surface area contributed by atoms with Gasteiger partial charge in [-0.3, -0.25) is 4.79 Å². The first-order valence-electron chi connectivity index (χ1n) is 9.64. The second kappa shape index (κ2) is 9.57. The van der Waals surface area contributed by atoms with Gasteiger partial charge < -0.3 is 19.5 Å². The Morgan fingerprint density at radius 3 is 2.84 bits per heavy atom. The molecule has 0 saturated carbocycles. The van der Waals surface area contributed by atoms with E-state index in [2.05, 4.69) is 22.2 Å². The van der Waals surface area contributed by atoms with Gasteiger partial charge in [0.2, 0.25) is 12.7 Å². The maximum atomic E-state index is 12.7. The number of carbonyl (C=O) groups is 1. The van der Waals surface area contributed by atoms with Crippen LogP contribution in [0, 0.1) is 0 Å². The first-order chi connectivity index (χ1) is 15.2. The highest BCUT2D eigenvalue weighted by molar-refractivity contribution is 7.98. The van der Waals surface area contributed by atoms with E-state index in [1.54, 1.807) is 47.8 Å². The van der Waals surface area contributed by atoms with Crippen molar-refractivity contribution in [3.8, 4) is 17.2 Å². The molecular formula is C22H22N4O4S. The van der Waals surface area contributed by atoms with Gasteiger partial charge >= 0.3 is 0 Å². The molecule has 0 unspecified atom stereocenters. The third kappa shape index (κ3) is 5.00. The highest BCUT2D eigenvalue weighted by Gasteiger charge is 2.18. The third-order valence-electron chi connectivity index (χ3n) is 4.64. The SMILES string of the molecule is C=CCn1nnc(CSc2ccc(OC)cc2)c1CC(=O)Nc1ccc2c(c1)OCO2. The molecule has 0 fully saturated rings. The molecule has 0 atom stereocenters. The van der Waals surface area contributed by atoms with E-state index in [1.165, 1.54) is 0 Å². The summed E-state index contributed by atoms with van der Waals surface area (Å²) in [6, 6.07) is 13.1. The Labute approximate surface area is 184 Å². The fourth-order valence-corrected chi connectivity index (χ4v) is 3.95. The Kier molecular flexibility index (Phi) is 6.42. The fourth-order valence-electron chi connectivity index (χ4n) is 3.10. The molecule has 0 saturated heterocycles. The van der Waals surface area contributed by atoms with Crippen LogP contribution in [0.3, 0.4) is 0 Å². The highest BCUT2D eigenvalue weighted by atomic mass is 32.2. The molecular weight excluding hydrogens is 416 g/mol.